The van der Waals surface area contributed by atoms with Crippen LogP contribution in [0.1, 0.15) is 0 Å². The van der Waals surface area contributed by atoms with Crippen molar-refractivity contribution in [3.8, 4) is 0 Å². The van der Waals surface area contributed by atoms with E-state index in [2.05, 4.69) is 15.3 Å². The summed E-state index contributed by atoms with van der Waals surface area (Å²) in [5.41, 5.74) is -0.589. The summed E-state index contributed by atoms with van der Waals surface area (Å²) in [7, 11) is 1.14. The molecule has 0 spiro atoms. The minimum atomic E-state index is -1.37. The summed E-state index contributed by atoms with van der Waals surface area (Å²) in [6.45, 7) is 0. The van der Waals surface area contributed by atoms with Crippen molar-refractivity contribution < 1.29 is 34.2 Å². The van der Waals surface area contributed by atoms with E-state index >= 15 is 0 Å². The van der Waals surface area contributed by atoms with Gasteiger partial charge in [-0.25, -0.2) is 4.79 Å². The number of carbonyl (C=O) groups is 4. The third kappa shape index (κ3) is 3.19. The van der Waals surface area contributed by atoms with Crippen LogP contribution in [-0.2, 0) is 24.0 Å². The molecule has 0 aromatic heterocycles. The summed E-state index contributed by atoms with van der Waals surface area (Å²) in [4.78, 5) is 52.4. The van der Waals surface area contributed by atoms with E-state index in [0.29, 0.717) is 0 Å². The van der Waals surface area contributed by atoms with Gasteiger partial charge >= 0.3 is 5.97 Å². The Bertz CT molecular complexity index is 613. The monoisotopic (exact) mass is 379 g/mol. The van der Waals surface area contributed by atoms with Gasteiger partial charge in [-0.05, 0) is 0 Å². The predicted molar refractivity (Wildman–Crippen MR) is 82.6 cm³/mol. The number of aliphatic hydroxyl groups is 1. The molecule has 132 valence electrons. The lowest BCUT2D eigenvalue weighted by Crippen LogP contribution is -2.77. The van der Waals surface area contributed by atoms with Crippen LogP contribution in [0.5, 0.6) is 0 Å². The molecule has 24 heavy (non-hydrogen) atoms. The number of β-lactam (4-membered cyclic amide) rings is 1. The summed E-state index contributed by atoms with van der Waals surface area (Å²) in [5, 5.41) is 23.8. The Hall–Kier alpha value is -1.85. The molecule has 2 aliphatic rings. The van der Waals surface area contributed by atoms with Crippen molar-refractivity contribution in [2.45, 2.75) is 23.6 Å². The number of fused-ring (bicyclic) bond motifs is 1. The third-order valence-corrected chi connectivity index (χ3v) is 5.12. The Morgan fingerprint density at radius 1 is 1.50 bits per heavy atom. The highest BCUT2D eigenvalue weighted by Crippen LogP contribution is 2.38. The van der Waals surface area contributed by atoms with E-state index < -0.39 is 58.7 Å². The molecule has 3 N–H and O–H groups in total. The van der Waals surface area contributed by atoms with E-state index in [1.165, 1.54) is 0 Å². The molecule has 0 aromatic rings. The second-order valence-electron chi connectivity index (χ2n) is 4.95. The van der Waals surface area contributed by atoms with Crippen LogP contribution < -0.4 is 5.32 Å². The number of nitrogens with one attached hydrogen (secondary N) is 1. The molecule has 0 radical (unpaired) electrons. The lowest BCUT2D eigenvalue weighted by molar-refractivity contribution is -0.167. The SMILES string of the molecule is CON=C(C(=O)CCl)C(=O)NC1C(=O)N2C(C(=O)O)C(O)CS[C@@H]12. The first kappa shape index (κ1) is 18.5. The molecule has 0 aliphatic carbocycles. The van der Waals surface area contributed by atoms with Crippen molar-refractivity contribution in [2.24, 2.45) is 5.16 Å². The maximum atomic E-state index is 12.2. The number of aliphatic hydroxyl groups excluding tert-OH is 1. The van der Waals surface area contributed by atoms with Crippen LogP contribution in [0, 0.1) is 0 Å². The van der Waals surface area contributed by atoms with Crippen LogP contribution >= 0.6 is 23.4 Å². The first-order valence-corrected chi connectivity index (χ1v) is 8.27. The molecule has 2 aliphatic heterocycles. The van der Waals surface area contributed by atoms with Gasteiger partial charge in [0.1, 0.15) is 18.5 Å². The number of amides is 2. The number of thioether (sulfide) groups is 1. The molecule has 10 nitrogen and oxygen atoms in total. The van der Waals surface area contributed by atoms with Crippen LogP contribution in [0.3, 0.4) is 0 Å². The van der Waals surface area contributed by atoms with Gasteiger partial charge in [-0.3, -0.25) is 14.4 Å². The summed E-state index contributed by atoms with van der Waals surface area (Å²) in [5.74, 6) is -4.12. The molecule has 0 aromatic carbocycles. The Labute approximate surface area is 145 Å². The third-order valence-electron chi connectivity index (χ3n) is 3.50. The molecule has 12 heteroatoms. The second kappa shape index (κ2) is 7.36. The van der Waals surface area contributed by atoms with Crippen molar-refractivity contribution in [3.63, 3.8) is 0 Å². The summed E-state index contributed by atoms with van der Waals surface area (Å²) >= 11 is 6.51. The number of nitrogens with zero attached hydrogens (tertiary/aromatic N) is 2. The highest BCUT2D eigenvalue weighted by molar-refractivity contribution is 8.00. The van der Waals surface area contributed by atoms with Gasteiger partial charge < -0.3 is 25.3 Å². The van der Waals surface area contributed by atoms with Gasteiger partial charge in [-0.1, -0.05) is 5.16 Å². The van der Waals surface area contributed by atoms with E-state index in [4.69, 9.17) is 16.7 Å². The van der Waals surface area contributed by atoms with Crippen LogP contribution in [0.4, 0.5) is 0 Å². The molecule has 0 bridgehead atoms. The fraction of sp³-hybridized carbons (Fsp3) is 0.583. The van der Waals surface area contributed by atoms with E-state index in [-0.39, 0.29) is 5.75 Å². The number of alkyl halides is 1. The molecule has 3 unspecified atom stereocenters. The smallest absolute Gasteiger partial charge is 0.329 e. The number of carboxylic acids is 1. The Morgan fingerprint density at radius 3 is 2.71 bits per heavy atom. The molecule has 2 rings (SSSR count). The fourth-order valence-electron chi connectivity index (χ4n) is 2.43. The topological polar surface area (TPSA) is 146 Å². The van der Waals surface area contributed by atoms with E-state index in [1.54, 1.807) is 0 Å². The number of oxime groups is 1. The average molecular weight is 380 g/mol. The Balaban J connectivity index is 2.11. The number of aliphatic carboxylic acids is 1. The normalized spacial score (nSPS) is 29.4. The number of ketones is 1. The lowest BCUT2D eigenvalue weighted by atomic mass is 9.99. The number of halogens is 1. The number of hydrogen-bond acceptors (Lipinski definition) is 8. The fourth-order valence-corrected chi connectivity index (χ4v) is 3.91. The molecular formula is C12H14ClN3O7S. The number of rotatable bonds is 6. The minimum Gasteiger partial charge on any atom is -0.480 e. The number of Topliss-reactive ketones (excluding diaryl/α,β-unsaturated/α-hetero) is 1. The highest BCUT2D eigenvalue weighted by Gasteiger charge is 2.58. The number of hydrogen-bond donors (Lipinski definition) is 3. The summed E-state index contributed by atoms with van der Waals surface area (Å²) in [6.07, 6.45) is -1.20. The first-order valence-electron chi connectivity index (χ1n) is 6.69. The van der Waals surface area contributed by atoms with Crippen LogP contribution in [0.2, 0.25) is 0 Å². The quantitative estimate of drug-likeness (QED) is 0.158. The Morgan fingerprint density at radius 2 is 2.17 bits per heavy atom. The highest BCUT2D eigenvalue weighted by atomic mass is 35.5. The van der Waals surface area contributed by atoms with Gasteiger partial charge in [-0.2, -0.15) is 0 Å². The predicted octanol–water partition coefficient (Wildman–Crippen LogP) is -1.99. The molecule has 4 atom stereocenters. The van der Waals surface area contributed by atoms with Crippen LogP contribution in [0.15, 0.2) is 5.16 Å². The van der Waals surface area contributed by atoms with Gasteiger partial charge in [0.15, 0.2) is 6.04 Å². The van der Waals surface area contributed by atoms with Crippen molar-refractivity contribution in [1.82, 2.24) is 10.2 Å². The molecule has 2 amide bonds. The average Bonchev–Trinajstić information content (AvgIpc) is 2.55. The van der Waals surface area contributed by atoms with Crippen molar-refractivity contribution in [2.75, 3.05) is 18.7 Å². The molecule has 2 saturated heterocycles. The molecule has 2 fully saturated rings. The second-order valence-corrected chi connectivity index (χ2v) is 6.37. The van der Waals surface area contributed by atoms with Crippen molar-refractivity contribution in [3.05, 3.63) is 0 Å². The van der Waals surface area contributed by atoms with Crippen molar-refractivity contribution >= 4 is 52.6 Å². The van der Waals surface area contributed by atoms with E-state index in [9.17, 15) is 24.3 Å². The van der Waals surface area contributed by atoms with E-state index in [0.717, 1.165) is 23.8 Å². The minimum absolute atomic E-state index is 0.0947. The van der Waals surface area contributed by atoms with Gasteiger partial charge in [0.2, 0.25) is 17.4 Å². The zero-order valence-electron chi connectivity index (χ0n) is 12.3. The number of carboxylic acid groups (broad SMARTS) is 1. The van der Waals surface area contributed by atoms with Crippen LogP contribution in [0.25, 0.3) is 0 Å². The van der Waals surface area contributed by atoms with Gasteiger partial charge in [0.05, 0.1) is 12.0 Å². The van der Waals surface area contributed by atoms with Crippen molar-refractivity contribution in [1.29, 1.82) is 0 Å². The zero-order chi connectivity index (χ0) is 18.0. The molecule has 0 saturated carbocycles. The van der Waals surface area contributed by atoms with Gasteiger partial charge in [-0.15, -0.1) is 23.4 Å². The first-order chi connectivity index (χ1) is 11.3. The molecular weight excluding hydrogens is 366 g/mol. The Kier molecular flexibility index (Phi) is 5.67. The zero-order valence-corrected chi connectivity index (χ0v) is 13.9. The maximum absolute atomic E-state index is 12.2. The van der Waals surface area contributed by atoms with E-state index in [1.807, 2.05) is 0 Å². The van der Waals surface area contributed by atoms with Crippen LogP contribution in [-0.4, -0.2) is 86.7 Å². The number of carbonyl (C=O) groups excluding carboxylic acids is 3. The molecule has 2 heterocycles. The lowest BCUT2D eigenvalue weighted by Gasteiger charge is -2.53. The maximum Gasteiger partial charge on any atom is 0.329 e. The largest absolute Gasteiger partial charge is 0.480 e. The van der Waals surface area contributed by atoms with Gasteiger partial charge in [0, 0.05) is 5.75 Å². The van der Waals surface area contributed by atoms with Gasteiger partial charge in [0.25, 0.3) is 5.91 Å². The summed E-state index contributed by atoms with van der Waals surface area (Å²) in [6, 6.07) is -2.39. The standard InChI is InChI=1S/C12H14ClN3O7S/c1-23-15-6(4(17)2-13)9(19)14-7-10(20)16-8(12(21)22)5(18)3-24-11(7)16/h5,7-8,11,18H,2-3H2,1H3,(H,14,19)(H,21,22)/t5?,7?,8?,11-/m0/s1. The summed E-state index contributed by atoms with van der Waals surface area (Å²) < 4.78 is 0.